The van der Waals surface area contributed by atoms with Crippen molar-refractivity contribution in [2.45, 2.75) is 6.92 Å². The van der Waals surface area contributed by atoms with Crippen LogP contribution in [0.25, 0.3) is 0 Å². The fourth-order valence-corrected chi connectivity index (χ4v) is 2.06. The first-order chi connectivity index (χ1) is 9.90. The Bertz CT molecular complexity index is 848. The van der Waals surface area contributed by atoms with Crippen LogP contribution in [0.4, 0.5) is 5.69 Å². The summed E-state index contributed by atoms with van der Waals surface area (Å²) in [6.07, 6.45) is 0.893. The van der Waals surface area contributed by atoms with Crippen molar-refractivity contribution in [2.24, 2.45) is 0 Å². The van der Waals surface area contributed by atoms with E-state index in [2.05, 4.69) is 4.98 Å². The fraction of sp³-hybridized carbons (Fsp3) is 0.0769. The highest BCUT2D eigenvalue weighted by molar-refractivity contribution is 6.27. The Kier molecular flexibility index (Phi) is 2.55. The van der Waals surface area contributed by atoms with Crippen LogP contribution in [0.2, 0.25) is 0 Å². The molecule has 0 fully saturated rings. The molecule has 0 unspecified atom stereocenters. The largest absolute Gasteiger partial charge is 0.449 e. The molecule has 0 bridgehead atoms. The van der Waals surface area contributed by atoms with E-state index < -0.39 is 28.0 Å². The molecule has 21 heavy (non-hydrogen) atoms. The Labute approximate surface area is 116 Å². The van der Waals surface area contributed by atoms with Gasteiger partial charge in [-0.25, -0.2) is 4.98 Å². The van der Waals surface area contributed by atoms with E-state index in [0.29, 0.717) is 0 Å². The summed E-state index contributed by atoms with van der Waals surface area (Å²) in [4.78, 5) is 49.4. The number of carbonyl (C=O) groups excluding carboxylic acids is 3. The molecule has 8 heteroatoms. The van der Waals surface area contributed by atoms with E-state index in [0.717, 1.165) is 12.3 Å². The summed E-state index contributed by atoms with van der Waals surface area (Å²) in [5.41, 5.74) is -0.867. The van der Waals surface area contributed by atoms with Gasteiger partial charge in [-0.1, -0.05) is 0 Å². The van der Waals surface area contributed by atoms with Gasteiger partial charge in [-0.3, -0.25) is 24.5 Å². The van der Waals surface area contributed by atoms with Crippen LogP contribution < -0.4 is 0 Å². The molecule has 1 aliphatic rings. The van der Waals surface area contributed by atoms with Crippen molar-refractivity contribution in [1.29, 1.82) is 0 Å². The van der Waals surface area contributed by atoms with Gasteiger partial charge in [0.25, 0.3) is 5.69 Å². The molecule has 104 valence electrons. The first kappa shape index (κ1) is 12.9. The summed E-state index contributed by atoms with van der Waals surface area (Å²) < 4.78 is 5.09. The van der Waals surface area contributed by atoms with Crippen molar-refractivity contribution in [2.75, 3.05) is 0 Å². The first-order valence-electron chi connectivity index (χ1n) is 5.78. The molecule has 0 N–H and O–H groups in total. The zero-order valence-corrected chi connectivity index (χ0v) is 10.6. The van der Waals surface area contributed by atoms with E-state index in [4.69, 9.17) is 4.42 Å². The van der Waals surface area contributed by atoms with E-state index in [1.165, 1.54) is 13.0 Å². The molecule has 0 saturated heterocycles. The van der Waals surface area contributed by atoms with Gasteiger partial charge >= 0.3 is 0 Å². The Morgan fingerprint density at radius 3 is 2.57 bits per heavy atom. The summed E-state index contributed by atoms with van der Waals surface area (Å²) in [6.45, 7) is 1.23. The maximum atomic E-state index is 12.3. The van der Waals surface area contributed by atoms with Crippen molar-refractivity contribution in [1.82, 2.24) is 4.98 Å². The fourth-order valence-electron chi connectivity index (χ4n) is 2.06. The molecule has 0 atom stereocenters. The lowest BCUT2D eigenvalue weighted by atomic mass is 9.92. The zero-order valence-electron chi connectivity index (χ0n) is 10.6. The van der Waals surface area contributed by atoms with Gasteiger partial charge in [0.05, 0.1) is 16.1 Å². The average Bonchev–Trinajstić information content (AvgIpc) is 2.90. The zero-order chi connectivity index (χ0) is 15.3. The van der Waals surface area contributed by atoms with Gasteiger partial charge in [-0.05, 0) is 6.07 Å². The smallest absolute Gasteiger partial charge is 0.288 e. The van der Waals surface area contributed by atoms with Gasteiger partial charge in [0.1, 0.15) is 11.9 Å². The number of Topliss-reactive ketones (excluding diaryl/α,β-unsaturated/α-hetero) is 1. The summed E-state index contributed by atoms with van der Waals surface area (Å²) >= 11 is 0. The van der Waals surface area contributed by atoms with E-state index in [1.807, 2.05) is 0 Å². The highest BCUT2D eigenvalue weighted by Crippen LogP contribution is 2.30. The van der Waals surface area contributed by atoms with E-state index >= 15 is 0 Å². The number of hydrogen-bond donors (Lipinski definition) is 0. The second-order valence-electron chi connectivity index (χ2n) is 4.41. The van der Waals surface area contributed by atoms with Crippen molar-refractivity contribution < 1.29 is 23.7 Å². The van der Waals surface area contributed by atoms with Crippen molar-refractivity contribution in [3.63, 3.8) is 0 Å². The Morgan fingerprint density at radius 1 is 1.24 bits per heavy atom. The van der Waals surface area contributed by atoms with Gasteiger partial charge in [-0.15, -0.1) is 0 Å². The van der Waals surface area contributed by atoms with Gasteiger partial charge < -0.3 is 4.42 Å². The number of nitrogens with zero attached hydrogens (tertiary/aromatic N) is 2. The van der Waals surface area contributed by atoms with E-state index in [9.17, 15) is 24.5 Å². The van der Waals surface area contributed by atoms with Crippen LogP contribution in [0.1, 0.15) is 49.6 Å². The summed E-state index contributed by atoms with van der Waals surface area (Å²) in [7, 11) is 0. The van der Waals surface area contributed by atoms with E-state index in [1.54, 1.807) is 0 Å². The molecule has 0 radical (unpaired) electrons. The predicted octanol–water partition coefficient (Wildman–Crippen LogP) is 1.56. The topological polar surface area (TPSA) is 120 Å². The van der Waals surface area contributed by atoms with Gasteiger partial charge in [-0.2, -0.15) is 0 Å². The predicted molar refractivity (Wildman–Crippen MR) is 66.5 cm³/mol. The standard InChI is InChI=1S/C13H6N2O6/c1-5(16)9-3-8-11(17)7-2-6(15(19)20)4-14-10(7)12(18)13(8)21-9/h2-4H,1H3. The van der Waals surface area contributed by atoms with Crippen LogP contribution in [-0.4, -0.2) is 27.3 Å². The summed E-state index contributed by atoms with van der Waals surface area (Å²) in [5, 5.41) is 10.7. The molecule has 1 aliphatic carbocycles. The monoisotopic (exact) mass is 286 g/mol. The third-order valence-corrected chi connectivity index (χ3v) is 3.07. The quantitative estimate of drug-likeness (QED) is 0.398. The third kappa shape index (κ3) is 1.76. The molecule has 2 heterocycles. The molecule has 0 spiro atoms. The van der Waals surface area contributed by atoms with Crippen LogP contribution in [0, 0.1) is 10.1 Å². The van der Waals surface area contributed by atoms with Gasteiger partial charge in [0.2, 0.25) is 5.78 Å². The number of fused-ring (bicyclic) bond motifs is 2. The van der Waals surface area contributed by atoms with Crippen LogP contribution in [0.5, 0.6) is 0 Å². The van der Waals surface area contributed by atoms with E-state index in [-0.39, 0.29) is 28.3 Å². The number of ketones is 3. The molecule has 0 aromatic carbocycles. The molecule has 0 aliphatic heterocycles. The lowest BCUT2D eigenvalue weighted by Gasteiger charge is -2.11. The third-order valence-electron chi connectivity index (χ3n) is 3.07. The molecule has 3 rings (SSSR count). The van der Waals surface area contributed by atoms with Crippen molar-refractivity contribution >= 4 is 23.0 Å². The number of nitro groups is 1. The average molecular weight is 286 g/mol. The molecule has 0 amide bonds. The SMILES string of the molecule is CC(=O)c1cc2c(o1)C(=O)c1ncc([N+](=O)[O-])cc1C2=O. The van der Waals surface area contributed by atoms with Crippen LogP contribution >= 0.6 is 0 Å². The highest BCUT2D eigenvalue weighted by atomic mass is 16.6. The van der Waals surface area contributed by atoms with Gasteiger partial charge in [0, 0.05) is 13.0 Å². The molecule has 0 saturated carbocycles. The number of furan rings is 1. The first-order valence-corrected chi connectivity index (χ1v) is 5.78. The van der Waals surface area contributed by atoms with Gasteiger partial charge in [0.15, 0.2) is 23.1 Å². The number of rotatable bonds is 2. The summed E-state index contributed by atoms with van der Waals surface area (Å²) in [6, 6.07) is 2.16. The normalized spacial score (nSPS) is 12.8. The molecule has 2 aromatic heterocycles. The number of carbonyl (C=O) groups is 3. The Balaban J connectivity index is 2.22. The minimum atomic E-state index is -0.711. The highest BCUT2D eigenvalue weighted by Gasteiger charge is 2.36. The van der Waals surface area contributed by atoms with Crippen molar-refractivity contribution in [3.05, 3.63) is 56.8 Å². The second kappa shape index (κ2) is 4.17. The second-order valence-corrected chi connectivity index (χ2v) is 4.41. The maximum absolute atomic E-state index is 12.3. The number of hydrogen-bond acceptors (Lipinski definition) is 7. The Hall–Kier alpha value is -3.16. The van der Waals surface area contributed by atoms with Crippen molar-refractivity contribution in [3.8, 4) is 0 Å². The lowest BCUT2D eigenvalue weighted by Crippen LogP contribution is -2.20. The lowest BCUT2D eigenvalue weighted by molar-refractivity contribution is -0.385. The number of pyridine rings is 1. The molecular weight excluding hydrogens is 280 g/mol. The Morgan fingerprint density at radius 2 is 1.95 bits per heavy atom. The maximum Gasteiger partial charge on any atom is 0.288 e. The molecule has 2 aromatic rings. The van der Waals surface area contributed by atoms with Crippen LogP contribution in [0.15, 0.2) is 22.7 Å². The minimum Gasteiger partial charge on any atom is -0.449 e. The van der Waals surface area contributed by atoms with Crippen LogP contribution in [-0.2, 0) is 0 Å². The van der Waals surface area contributed by atoms with Crippen LogP contribution in [0.3, 0.4) is 0 Å². The minimum absolute atomic E-state index is 0.0833. The number of aromatic nitrogens is 1. The molecule has 8 nitrogen and oxygen atoms in total. The summed E-state index contributed by atoms with van der Waals surface area (Å²) in [5.74, 6) is -2.13. The molecular formula is C13H6N2O6.